The number of benzene rings is 9. The summed E-state index contributed by atoms with van der Waals surface area (Å²) in [6, 6.07) is 80.1. The minimum absolute atomic E-state index is 0.145. The first-order valence-electron chi connectivity index (χ1n) is 30.4. The van der Waals surface area contributed by atoms with Gasteiger partial charge in [-0.05, 0) is 196 Å². The molecule has 0 amide bonds. The summed E-state index contributed by atoms with van der Waals surface area (Å²) in [7, 11) is 0. The van der Waals surface area contributed by atoms with Crippen LogP contribution in [0.1, 0.15) is 175 Å². The van der Waals surface area contributed by atoms with Crippen LogP contribution < -0.4 is 14.7 Å². The third-order valence-corrected chi connectivity index (χ3v) is 15.8. The maximum Gasteiger partial charge on any atom is 0.0461 e. The van der Waals surface area contributed by atoms with E-state index < -0.39 is 0 Å². The molecule has 0 aliphatic rings. The van der Waals surface area contributed by atoms with Crippen LogP contribution in [0, 0.1) is 20.8 Å². The summed E-state index contributed by atoms with van der Waals surface area (Å²) < 4.78 is 0. The summed E-state index contributed by atoms with van der Waals surface area (Å²) in [5.74, 6) is 0. The Morgan fingerprint density at radius 3 is 0.345 bits per heavy atom. The van der Waals surface area contributed by atoms with Gasteiger partial charge in [-0.25, -0.2) is 0 Å². The molecule has 0 saturated heterocycles. The second-order valence-electron chi connectivity index (χ2n) is 29.3. The van der Waals surface area contributed by atoms with Crippen molar-refractivity contribution < 1.29 is 0 Å². The smallest absolute Gasteiger partial charge is 0.0461 e. The van der Waals surface area contributed by atoms with Crippen molar-refractivity contribution in [3.63, 3.8) is 0 Å². The summed E-state index contributed by atoms with van der Waals surface area (Å²) in [4.78, 5) is 6.99. The fraction of sp³-hybridized carbons (Fsp3) is 0.333. The normalized spacial score (nSPS) is 12.1. The summed E-state index contributed by atoms with van der Waals surface area (Å²) in [6.07, 6.45) is 0. The van der Waals surface area contributed by atoms with Crippen LogP contribution in [-0.2, 0) is 32.5 Å². The molecule has 9 aromatic carbocycles. The molecule has 3 nitrogen and oxygen atoms in total. The van der Waals surface area contributed by atoms with Crippen molar-refractivity contribution in [2.24, 2.45) is 0 Å². The summed E-state index contributed by atoms with van der Waals surface area (Å²) in [5.41, 5.74) is 23.4. The van der Waals surface area contributed by atoms with E-state index in [1.165, 1.54) is 101 Å². The van der Waals surface area contributed by atoms with Crippen LogP contribution in [0.5, 0.6) is 0 Å². The molecule has 0 bridgehead atoms. The molecular weight excluding hydrogens is 1010 g/mol. The van der Waals surface area contributed by atoms with E-state index in [0.29, 0.717) is 0 Å². The summed E-state index contributed by atoms with van der Waals surface area (Å²) >= 11 is 0. The molecule has 0 aromatic heterocycles. The molecule has 0 heterocycles. The lowest BCUT2D eigenvalue weighted by Gasteiger charge is -2.29. The van der Waals surface area contributed by atoms with Crippen LogP contribution >= 0.6 is 0 Å². The van der Waals surface area contributed by atoms with E-state index in [2.05, 4.69) is 378 Å². The number of aryl methyl sites for hydroxylation is 3. The van der Waals surface area contributed by atoms with Gasteiger partial charge in [-0.15, -0.1) is 0 Å². The molecule has 0 spiro atoms. The van der Waals surface area contributed by atoms with Crippen LogP contribution in [0.3, 0.4) is 0 Å². The third kappa shape index (κ3) is 16.8. The Morgan fingerprint density at radius 2 is 0.250 bits per heavy atom. The van der Waals surface area contributed by atoms with E-state index in [4.69, 9.17) is 0 Å². The standard InChI is InChI=1S/C30H39N.C27H33N.C24H27N/c1-28(2,3)22-10-16-25(17-11-22)31(26-18-12-23(13-19-26)29(4,5)6)27-20-14-24(15-21-27)30(7,8)9;1-20-8-14-23(15-9-20)28(24-16-10-21(11-17-24)26(2,3)4)25-18-12-22(13-19-25)27(5,6)7;1-18-6-12-21(13-7-18)25(22-14-8-19(2)9-15-22)23-16-10-20(11-17-23)24(3,4)5/h10-21H,1-9H3;8-19H,1-7H3;6-17H,1-5H3. The van der Waals surface area contributed by atoms with Gasteiger partial charge in [0.05, 0.1) is 0 Å². The van der Waals surface area contributed by atoms with Crippen molar-refractivity contribution in [3.8, 4) is 0 Å². The molecule has 0 aliphatic carbocycles. The minimum Gasteiger partial charge on any atom is -0.311 e. The molecule has 0 unspecified atom stereocenters. The van der Waals surface area contributed by atoms with Gasteiger partial charge in [-0.1, -0.05) is 251 Å². The first-order chi connectivity index (χ1) is 39.2. The second-order valence-corrected chi connectivity index (χ2v) is 29.3. The zero-order chi connectivity index (χ0) is 61.6. The van der Waals surface area contributed by atoms with Crippen molar-refractivity contribution in [2.45, 2.75) is 178 Å². The largest absolute Gasteiger partial charge is 0.311 e. The SMILES string of the molecule is CC(C)(C)c1ccc(N(c2ccc(C(C)(C)C)cc2)c2ccc(C(C)(C)C)cc2)cc1.Cc1ccc(N(c2ccc(C(C)(C)C)cc2)c2ccc(C(C)(C)C)cc2)cc1.Cc1ccc(N(c2ccc(C)cc2)c2ccc(C(C)(C)C)cc2)cc1. The molecule has 0 atom stereocenters. The average Bonchev–Trinajstić information content (AvgIpc) is 3.16. The van der Waals surface area contributed by atoms with E-state index in [1.807, 2.05) is 0 Å². The molecule has 0 radical (unpaired) electrons. The number of anilines is 9. The topological polar surface area (TPSA) is 9.72 Å². The van der Waals surface area contributed by atoms with Gasteiger partial charge >= 0.3 is 0 Å². The molecule has 9 aromatic rings. The van der Waals surface area contributed by atoms with Crippen LogP contribution in [0.2, 0.25) is 0 Å². The van der Waals surface area contributed by atoms with Crippen molar-refractivity contribution in [1.82, 2.24) is 0 Å². The Labute approximate surface area is 509 Å². The Hall–Kier alpha value is -7.62. The molecule has 84 heavy (non-hydrogen) atoms. The molecule has 0 N–H and O–H groups in total. The maximum absolute atomic E-state index is 2.35. The van der Waals surface area contributed by atoms with Crippen molar-refractivity contribution in [1.29, 1.82) is 0 Å². The molecular formula is C81H99N3. The minimum atomic E-state index is 0.145. The molecule has 0 fully saturated rings. The highest BCUT2D eigenvalue weighted by Gasteiger charge is 2.23. The van der Waals surface area contributed by atoms with Gasteiger partial charge < -0.3 is 14.7 Å². The van der Waals surface area contributed by atoms with Crippen molar-refractivity contribution in [3.05, 3.63) is 268 Å². The lowest BCUT2D eigenvalue weighted by Crippen LogP contribution is -2.15. The Kier molecular flexibility index (Phi) is 19.6. The van der Waals surface area contributed by atoms with E-state index in [-0.39, 0.29) is 32.5 Å². The highest BCUT2D eigenvalue weighted by molar-refractivity contribution is 5.79. The van der Waals surface area contributed by atoms with Crippen molar-refractivity contribution >= 4 is 51.2 Å². The van der Waals surface area contributed by atoms with Crippen molar-refractivity contribution in [2.75, 3.05) is 14.7 Å². The first-order valence-corrected chi connectivity index (χ1v) is 30.4. The van der Waals surface area contributed by atoms with Crippen LogP contribution in [0.15, 0.2) is 218 Å². The number of hydrogen-bond acceptors (Lipinski definition) is 3. The van der Waals surface area contributed by atoms with E-state index in [9.17, 15) is 0 Å². The van der Waals surface area contributed by atoms with Crippen LogP contribution in [0.4, 0.5) is 51.2 Å². The number of rotatable bonds is 9. The first kappa shape index (κ1) is 64.0. The van der Waals surface area contributed by atoms with E-state index in [0.717, 1.165) is 0 Å². The fourth-order valence-corrected chi connectivity index (χ4v) is 10.1. The zero-order valence-electron chi connectivity index (χ0n) is 55.1. The fourth-order valence-electron chi connectivity index (χ4n) is 10.1. The highest BCUT2D eigenvalue weighted by Crippen LogP contribution is 2.41. The third-order valence-electron chi connectivity index (χ3n) is 15.8. The van der Waals surface area contributed by atoms with Gasteiger partial charge in [-0.3, -0.25) is 0 Å². The maximum atomic E-state index is 2.35. The van der Waals surface area contributed by atoms with Gasteiger partial charge in [0.15, 0.2) is 0 Å². The predicted molar refractivity (Wildman–Crippen MR) is 370 cm³/mol. The molecule has 3 heteroatoms. The number of hydrogen-bond donors (Lipinski definition) is 0. The quantitative estimate of drug-likeness (QED) is 0.143. The monoisotopic (exact) mass is 1110 g/mol. The summed E-state index contributed by atoms with van der Waals surface area (Å²) in [5, 5.41) is 0. The van der Waals surface area contributed by atoms with Crippen LogP contribution in [0.25, 0.3) is 0 Å². The second kappa shape index (κ2) is 25.7. The predicted octanol–water partition coefficient (Wildman–Crippen LogP) is 24.2. The Morgan fingerprint density at radius 1 is 0.155 bits per heavy atom. The van der Waals surface area contributed by atoms with Gasteiger partial charge in [-0.2, -0.15) is 0 Å². The highest BCUT2D eigenvalue weighted by atomic mass is 15.2. The summed E-state index contributed by atoms with van der Waals surface area (Å²) in [6.45, 7) is 47.0. The van der Waals surface area contributed by atoms with Crippen LogP contribution in [-0.4, -0.2) is 0 Å². The molecule has 0 saturated carbocycles. The molecule has 0 aliphatic heterocycles. The molecule has 438 valence electrons. The number of nitrogens with zero attached hydrogens (tertiary/aromatic N) is 3. The van der Waals surface area contributed by atoms with E-state index in [1.54, 1.807) is 0 Å². The zero-order valence-corrected chi connectivity index (χ0v) is 55.1. The van der Waals surface area contributed by atoms with Gasteiger partial charge in [0.25, 0.3) is 0 Å². The molecule has 9 rings (SSSR count). The Balaban J connectivity index is 0.000000182. The Bertz CT molecular complexity index is 3230. The van der Waals surface area contributed by atoms with Gasteiger partial charge in [0.2, 0.25) is 0 Å². The lowest BCUT2D eigenvalue weighted by molar-refractivity contribution is 0.590. The average molecular weight is 1110 g/mol. The van der Waals surface area contributed by atoms with Gasteiger partial charge in [0, 0.05) is 51.2 Å². The van der Waals surface area contributed by atoms with E-state index >= 15 is 0 Å². The van der Waals surface area contributed by atoms with Gasteiger partial charge in [0.1, 0.15) is 0 Å². The lowest BCUT2D eigenvalue weighted by atomic mass is 9.86.